The van der Waals surface area contributed by atoms with Crippen LogP contribution in [-0.2, 0) is 19.2 Å². The maximum absolute atomic E-state index is 12.8. The first-order valence-electron chi connectivity index (χ1n) is 7.77. The van der Waals surface area contributed by atoms with E-state index in [1.54, 1.807) is 24.3 Å². The van der Waals surface area contributed by atoms with E-state index in [1.165, 1.54) is 11.8 Å². The first kappa shape index (κ1) is 18.3. The quantitative estimate of drug-likeness (QED) is 0.621. The molecular weight excluding hydrogens is 376 g/mol. The summed E-state index contributed by atoms with van der Waals surface area (Å²) in [6.07, 6.45) is 0.178. The minimum Gasteiger partial charge on any atom is -0.481 e. The van der Waals surface area contributed by atoms with Crippen LogP contribution in [0.15, 0.2) is 29.2 Å². The number of para-hydroxylation sites is 1. The van der Waals surface area contributed by atoms with E-state index in [0.717, 1.165) is 16.7 Å². The molecule has 2 aliphatic rings. The van der Waals surface area contributed by atoms with Crippen LogP contribution in [0.4, 0.5) is 5.69 Å². The van der Waals surface area contributed by atoms with E-state index >= 15 is 0 Å². The number of hydrogen-bond acceptors (Lipinski definition) is 6. The number of carbonyl (C=O) groups excluding carboxylic acids is 3. The molecule has 3 rings (SSSR count). The number of anilines is 1. The number of aliphatic carboxylic acids is 1. The Hall–Kier alpha value is -2.52. The maximum atomic E-state index is 12.8. The summed E-state index contributed by atoms with van der Waals surface area (Å²) in [6, 6.07) is 6.77. The molecule has 0 radical (unpaired) electrons. The van der Waals surface area contributed by atoms with Crippen molar-refractivity contribution < 1.29 is 24.3 Å². The summed E-state index contributed by atoms with van der Waals surface area (Å²) in [5, 5.41) is 8.74. The second-order valence-electron chi connectivity index (χ2n) is 5.70. The summed E-state index contributed by atoms with van der Waals surface area (Å²) >= 11 is 6.22. The van der Waals surface area contributed by atoms with Gasteiger partial charge in [-0.15, -0.1) is 0 Å². The minimum atomic E-state index is -0.953. The molecule has 2 heterocycles. The molecule has 9 heteroatoms. The van der Waals surface area contributed by atoms with Gasteiger partial charge >= 0.3 is 5.97 Å². The number of rotatable bonds is 4. The topological polar surface area (TPSA) is 95.0 Å². The van der Waals surface area contributed by atoms with Gasteiger partial charge in [0.05, 0.1) is 16.2 Å². The zero-order chi connectivity index (χ0) is 19.0. The Morgan fingerprint density at radius 3 is 2.54 bits per heavy atom. The number of carboxylic acids is 1. The summed E-state index contributed by atoms with van der Waals surface area (Å²) in [7, 11) is 0. The van der Waals surface area contributed by atoms with Gasteiger partial charge in [-0.25, -0.2) is 4.90 Å². The molecule has 7 nitrogen and oxygen atoms in total. The van der Waals surface area contributed by atoms with E-state index in [-0.39, 0.29) is 34.2 Å². The third-order valence-electron chi connectivity index (χ3n) is 3.99. The van der Waals surface area contributed by atoms with Gasteiger partial charge in [0.15, 0.2) is 0 Å². The van der Waals surface area contributed by atoms with Crippen LogP contribution in [0.3, 0.4) is 0 Å². The monoisotopic (exact) mass is 390 g/mol. The van der Waals surface area contributed by atoms with Gasteiger partial charge in [-0.3, -0.25) is 24.1 Å². The average Bonchev–Trinajstić information content (AvgIpc) is 3.01. The zero-order valence-electron chi connectivity index (χ0n) is 13.7. The van der Waals surface area contributed by atoms with E-state index in [0.29, 0.717) is 11.3 Å². The summed E-state index contributed by atoms with van der Waals surface area (Å²) in [5.41, 5.74) is 1.11. The standard InChI is InChI=1S/C17H14N2O5S2/c1-9(20)19-11-6-3-2-5-10(11)13(15(19)23)14-16(24)18(17(25)26-14)8-4-7-12(21)22/h2-3,5-6H,4,7-8H2,1H3,(H,21,22). The number of imide groups is 1. The van der Waals surface area contributed by atoms with Crippen molar-refractivity contribution in [3.8, 4) is 0 Å². The van der Waals surface area contributed by atoms with Crippen LogP contribution in [0.25, 0.3) is 5.57 Å². The van der Waals surface area contributed by atoms with Gasteiger partial charge in [0.2, 0.25) is 5.91 Å². The molecule has 0 aromatic heterocycles. The fraction of sp³-hybridized carbons (Fsp3) is 0.235. The van der Waals surface area contributed by atoms with Crippen LogP contribution in [0.5, 0.6) is 0 Å². The first-order chi connectivity index (χ1) is 12.3. The lowest BCUT2D eigenvalue weighted by atomic mass is 10.1. The number of nitrogens with zero attached hydrogens (tertiary/aromatic N) is 2. The van der Waals surface area contributed by atoms with Crippen molar-refractivity contribution in [3.05, 3.63) is 34.7 Å². The molecule has 3 amide bonds. The Bertz CT molecular complexity index is 893. The Kier molecular flexibility index (Phi) is 4.92. The van der Waals surface area contributed by atoms with Gasteiger partial charge in [0.1, 0.15) is 4.32 Å². The van der Waals surface area contributed by atoms with Crippen molar-refractivity contribution >= 4 is 63.3 Å². The predicted molar refractivity (Wildman–Crippen MR) is 100 cm³/mol. The molecular formula is C17H14N2O5S2. The van der Waals surface area contributed by atoms with Crippen LogP contribution < -0.4 is 4.90 Å². The van der Waals surface area contributed by atoms with Crippen molar-refractivity contribution in [3.63, 3.8) is 0 Å². The highest BCUT2D eigenvalue weighted by molar-refractivity contribution is 8.26. The van der Waals surface area contributed by atoms with Crippen LogP contribution in [0.1, 0.15) is 25.3 Å². The van der Waals surface area contributed by atoms with Crippen molar-refractivity contribution in [2.75, 3.05) is 11.4 Å². The normalized spacial score (nSPS) is 19.3. The molecule has 0 unspecified atom stereocenters. The number of fused-ring (bicyclic) bond motifs is 1. The second-order valence-corrected chi connectivity index (χ2v) is 7.35. The zero-order valence-corrected chi connectivity index (χ0v) is 15.4. The van der Waals surface area contributed by atoms with Gasteiger partial charge in [-0.05, 0) is 12.5 Å². The number of thioether (sulfide) groups is 1. The molecule has 0 atom stereocenters. The Labute approximate surface area is 158 Å². The lowest BCUT2D eigenvalue weighted by molar-refractivity contribution is -0.137. The highest BCUT2D eigenvalue weighted by Gasteiger charge is 2.42. The summed E-state index contributed by atoms with van der Waals surface area (Å²) < 4.78 is 0.273. The maximum Gasteiger partial charge on any atom is 0.303 e. The third-order valence-corrected chi connectivity index (χ3v) is 5.44. The summed E-state index contributed by atoms with van der Waals surface area (Å²) in [5.74, 6) is -2.38. The van der Waals surface area contributed by atoms with E-state index in [2.05, 4.69) is 0 Å². The fourth-order valence-electron chi connectivity index (χ4n) is 2.88. The minimum absolute atomic E-state index is 0.0805. The number of thiocarbonyl (C=S) groups is 1. The van der Waals surface area contributed by atoms with Crippen molar-refractivity contribution in [2.24, 2.45) is 0 Å². The Balaban J connectivity index is 1.99. The highest BCUT2D eigenvalue weighted by Crippen LogP contribution is 2.44. The molecule has 0 bridgehead atoms. The van der Waals surface area contributed by atoms with Gasteiger partial charge in [-0.1, -0.05) is 42.2 Å². The van der Waals surface area contributed by atoms with Crippen LogP contribution >= 0.6 is 24.0 Å². The van der Waals surface area contributed by atoms with E-state index in [1.807, 2.05) is 0 Å². The van der Waals surface area contributed by atoms with Gasteiger partial charge in [0, 0.05) is 25.5 Å². The molecule has 2 aliphatic heterocycles. The first-order valence-corrected chi connectivity index (χ1v) is 8.99. The van der Waals surface area contributed by atoms with Gasteiger partial charge in [-0.2, -0.15) is 0 Å². The third kappa shape index (κ3) is 3.04. The Morgan fingerprint density at radius 2 is 1.88 bits per heavy atom. The molecule has 1 N–H and O–H groups in total. The molecule has 26 heavy (non-hydrogen) atoms. The van der Waals surface area contributed by atoms with E-state index in [9.17, 15) is 19.2 Å². The van der Waals surface area contributed by atoms with Gasteiger partial charge in [0.25, 0.3) is 11.8 Å². The molecule has 0 aliphatic carbocycles. The largest absolute Gasteiger partial charge is 0.481 e. The number of amides is 3. The number of carbonyl (C=O) groups is 4. The molecule has 1 fully saturated rings. The second kappa shape index (κ2) is 7.00. The smallest absolute Gasteiger partial charge is 0.303 e. The van der Waals surface area contributed by atoms with Crippen molar-refractivity contribution in [1.82, 2.24) is 4.90 Å². The number of benzene rings is 1. The Morgan fingerprint density at radius 1 is 1.19 bits per heavy atom. The summed E-state index contributed by atoms with van der Waals surface area (Å²) in [4.78, 5) is 50.6. The molecule has 0 spiro atoms. The molecule has 134 valence electrons. The number of carboxylic acid groups (broad SMARTS) is 1. The van der Waals surface area contributed by atoms with E-state index in [4.69, 9.17) is 17.3 Å². The SMILES string of the molecule is CC(=O)N1C(=O)C(=C2SC(=S)N(CCCC(=O)O)C2=O)c2ccccc21. The van der Waals surface area contributed by atoms with Crippen LogP contribution in [-0.4, -0.2) is 44.6 Å². The van der Waals surface area contributed by atoms with Gasteiger partial charge < -0.3 is 5.11 Å². The molecule has 0 saturated carbocycles. The average molecular weight is 390 g/mol. The van der Waals surface area contributed by atoms with Crippen LogP contribution in [0.2, 0.25) is 0 Å². The summed E-state index contributed by atoms with van der Waals surface area (Å²) in [6.45, 7) is 1.45. The predicted octanol–water partition coefficient (Wildman–Crippen LogP) is 2.02. The van der Waals surface area contributed by atoms with Crippen molar-refractivity contribution in [2.45, 2.75) is 19.8 Å². The lowest BCUT2D eigenvalue weighted by Gasteiger charge is -2.13. The molecule has 1 aromatic carbocycles. The molecule has 1 aromatic rings. The van der Waals surface area contributed by atoms with Crippen molar-refractivity contribution in [1.29, 1.82) is 0 Å². The number of hydrogen-bond donors (Lipinski definition) is 1. The highest BCUT2D eigenvalue weighted by atomic mass is 32.2. The fourth-order valence-corrected chi connectivity index (χ4v) is 4.26. The van der Waals surface area contributed by atoms with E-state index < -0.39 is 23.7 Å². The lowest BCUT2D eigenvalue weighted by Crippen LogP contribution is -2.32. The van der Waals surface area contributed by atoms with Crippen LogP contribution in [0, 0.1) is 0 Å². The molecule has 1 saturated heterocycles.